The number of halogens is 1. The lowest BCUT2D eigenvalue weighted by molar-refractivity contribution is -0.118. The highest BCUT2D eigenvalue weighted by Crippen LogP contribution is 2.28. The molecule has 154 valence electrons. The summed E-state index contributed by atoms with van der Waals surface area (Å²) in [6.07, 6.45) is 8.29. The normalized spacial score (nSPS) is 11.0. The van der Waals surface area contributed by atoms with Gasteiger partial charge in [0.05, 0.1) is 12.0 Å². The van der Waals surface area contributed by atoms with Crippen LogP contribution in [-0.2, 0) is 4.79 Å². The molecular formula is C21H16BrN7OS. The van der Waals surface area contributed by atoms with E-state index >= 15 is 0 Å². The maximum absolute atomic E-state index is 12.2. The molecule has 0 fully saturated rings. The smallest absolute Gasteiger partial charge is 0.250 e. The average molecular weight is 494 g/mol. The quantitative estimate of drug-likeness (QED) is 0.239. The van der Waals surface area contributed by atoms with Gasteiger partial charge in [-0.15, -0.1) is 10.2 Å². The molecule has 3 heterocycles. The van der Waals surface area contributed by atoms with Gasteiger partial charge in [0.1, 0.15) is 0 Å². The zero-order valence-corrected chi connectivity index (χ0v) is 18.5. The van der Waals surface area contributed by atoms with Crippen LogP contribution in [0.2, 0.25) is 0 Å². The molecule has 0 atom stereocenters. The Labute approximate surface area is 191 Å². The SMILES string of the molecule is O=C(CSc1nnc(-c2ccncc2)n1-c1ccc(Br)cc1)N/N=C/c1cccnc1. The molecule has 3 aromatic heterocycles. The highest BCUT2D eigenvalue weighted by Gasteiger charge is 2.17. The van der Waals surface area contributed by atoms with Crippen molar-refractivity contribution in [3.05, 3.63) is 83.4 Å². The first kappa shape index (κ1) is 20.9. The summed E-state index contributed by atoms with van der Waals surface area (Å²) in [6.45, 7) is 0. The number of aromatic nitrogens is 5. The summed E-state index contributed by atoms with van der Waals surface area (Å²) < 4.78 is 2.88. The van der Waals surface area contributed by atoms with E-state index in [1.165, 1.54) is 11.8 Å². The van der Waals surface area contributed by atoms with Gasteiger partial charge in [0.25, 0.3) is 5.91 Å². The fourth-order valence-electron chi connectivity index (χ4n) is 2.67. The van der Waals surface area contributed by atoms with E-state index in [1.54, 1.807) is 37.1 Å². The number of nitrogens with one attached hydrogen (secondary N) is 1. The van der Waals surface area contributed by atoms with E-state index in [9.17, 15) is 4.79 Å². The zero-order chi connectivity index (χ0) is 21.5. The molecule has 1 amide bonds. The summed E-state index contributed by atoms with van der Waals surface area (Å²) in [5.41, 5.74) is 5.08. The van der Waals surface area contributed by atoms with E-state index < -0.39 is 0 Å². The molecule has 10 heteroatoms. The number of rotatable bonds is 7. The van der Waals surface area contributed by atoms with Crippen LogP contribution in [0.4, 0.5) is 0 Å². The number of hydrazone groups is 1. The van der Waals surface area contributed by atoms with E-state index in [1.807, 2.05) is 47.0 Å². The third-order valence-electron chi connectivity index (χ3n) is 4.08. The van der Waals surface area contributed by atoms with E-state index in [0.29, 0.717) is 11.0 Å². The Bertz CT molecular complexity index is 1180. The lowest BCUT2D eigenvalue weighted by Gasteiger charge is -2.10. The molecule has 0 aliphatic heterocycles. The number of thioether (sulfide) groups is 1. The first-order valence-corrected chi connectivity index (χ1v) is 10.9. The number of nitrogens with zero attached hydrogens (tertiary/aromatic N) is 6. The van der Waals surface area contributed by atoms with Gasteiger partial charge in [-0.1, -0.05) is 33.8 Å². The van der Waals surface area contributed by atoms with E-state index in [-0.39, 0.29) is 11.7 Å². The number of benzene rings is 1. The summed E-state index contributed by atoms with van der Waals surface area (Å²) in [6, 6.07) is 15.2. The van der Waals surface area contributed by atoms with Crippen LogP contribution < -0.4 is 5.43 Å². The van der Waals surface area contributed by atoms with E-state index in [2.05, 4.69) is 46.6 Å². The van der Waals surface area contributed by atoms with E-state index in [0.717, 1.165) is 21.3 Å². The first-order chi connectivity index (χ1) is 15.2. The second-order valence-electron chi connectivity index (χ2n) is 6.22. The van der Waals surface area contributed by atoms with Gasteiger partial charge >= 0.3 is 0 Å². The van der Waals surface area contributed by atoms with Crippen molar-refractivity contribution in [3.8, 4) is 17.1 Å². The molecule has 31 heavy (non-hydrogen) atoms. The number of hydrogen-bond donors (Lipinski definition) is 1. The number of pyridine rings is 2. The molecule has 4 rings (SSSR count). The third-order valence-corrected chi connectivity index (χ3v) is 5.53. The van der Waals surface area contributed by atoms with Gasteiger partial charge in [-0.05, 0) is 42.5 Å². The van der Waals surface area contributed by atoms with Crippen molar-refractivity contribution >= 4 is 39.8 Å². The lowest BCUT2D eigenvalue weighted by Crippen LogP contribution is -2.20. The van der Waals surface area contributed by atoms with Crippen LogP contribution in [0.1, 0.15) is 5.56 Å². The molecule has 0 spiro atoms. The summed E-state index contributed by atoms with van der Waals surface area (Å²) in [7, 11) is 0. The maximum atomic E-state index is 12.2. The molecule has 0 saturated heterocycles. The summed E-state index contributed by atoms with van der Waals surface area (Å²) in [5.74, 6) is 0.554. The highest BCUT2D eigenvalue weighted by molar-refractivity contribution is 9.10. The number of carbonyl (C=O) groups excluding carboxylic acids is 1. The molecule has 0 radical (unpaired) electrons. The van der Waals surface area contributed by atoms with Gasteiger partial charge in [-0.25, -0.2) is 5.43 Å². The van der Waals surface area contributed by atoms with Crippen molar-refractivity contribution in [1.82, 2.24) is 30.2 Å². The lowest BCUT2D eigenvalue weighted by atomic mass is 10.2. The summed E-state index contributed by atoms with van der Waals surface area (Å²) >= 11 is 4.74. The van der Waals surface area contributed by atoms with Crippen molar-refractivity contribution < 1.29 is 4.79 Å². The predicted molar refractivity (Wildman–Crippen MR) is 123 cm³/mol. The van der Waals surface area contributed by atoms with Crippen molar-refractivity contribution in [1.29, 1.82) is 0 Å². The van der Waals surface area contributed by atoms with Crippen molar-refractivity contribution in [3.63, 3.8) is 0 Å². The van der Waals surface area contributed by atoms with Crippen LogP contribution >= 0.6 is 27.7 Å². The zero-order valence-electron chi connectivity index (χ0n) is 16.1. The van der Waals surface area contributed by atoms with Crippen LogP contribution in [0.5, 0.6) is 0 Å². The fourth-order valence-corrected chi connectivity index (χ4v) is 3.68. The Balaban J connectivity index is 1.51. The van der Waals surface area contributed by atoms with Crippen LogP contribution in [-0.4, -0.2) is 42.6 Å². The van der Waals surface area contributed by atoms with Crippen LogP contribution in [0.3, 0.4) is 0 Å². The second-order valence-corrected chi connectivity index (χ2v) is 8.08. The van der Waals surface area contributed by atoms with Crippen molar-refractivity contribution in [2.45, 2.75) is 5.16 Å². The minimum atomic E-state index is -0.249. The summed E-state index contributed by atoms with van der Waals surface area (Å²) in [4.78, 5) is 20.3. The van der Waals surface area contributed by atoms with Gasteiger partial charge in [-0.2, -0.15) is 5.10 Å². The van der Waals surface area contributed by atoms with Crippen molar-refractivity contribution in [2.24, 2.45) is 5.10 Å². The van der Waals surface area contributed by atoms with Gasteiger partial charge in [0.15, 0.2) is 11.0 Å². The Kier molecular flexibility index (Phi) is 6.80. The summed E-state index contributed by atoms with van der Waals surface area (Å²) in [5, 5.41) is 13.2. The Morgan fingerprint density at radius 1 is 1.06 bits per heavy atom. The van der Waals surface area contributed by atoms with Gasteiger partial charge in [0.2, 0.25) is 0 Å². The molecule has 0 aliphatic carbocycles. The highest BCUT2D eigenvalue weighted by atomic mass is 79.9. The number of amides is 1. The first-order valence-electron chi connectivity index (χ1n) is 9.17. The second kappa shape index (κ2) is 10.1. The minimum absolute atomic E-state index is 0.134. The molecule has 1 aromatic carbocycles. The Morgan fingerprint density at radius 3 is 2.61 bits per heavy atom. The van der Waals surface area contributed by atoms with Gasteiger partial charge in [-0.3, -0.25) is 19.3 Å². The monoisotopic (exact) mass is 493 g/mol. The molecule has 0 saturated carbocycles. The van der Waals surface area contributed by atoms with Crippen molar-refractivity contribution in [2.75, 3.05) is 5.75 Å². The largest absolute Gasteiger partial charge is 0.272 e. The Morgan fingerprint density at radius 2 is 1.87 bits per heavy atom. The van der Waals surface area contributed by atoms with E-state index in [4.69, 9.17) is 0 Å². The van der Waals surface area contributed by atoms with Crippen LogP contribution in [0.25, 0.3) is 17.1 Å². The molecule has 0 unspecified atom stereocenters. The molecule has 0 bridgehead atoms. The molecular weight excluding hydrogens is 478 g/mol. The predicted octanol–water partition coefficient (Wildman–Crippen LogP) is 3.73. The standard InChI is InChI=1S/C21H16BrN7OS/c22-17-3-5-18(6-4-17)29-20(16-7-10-23-11-8-16)27-28-21(29)31-14-19(30)26-25-13-15-2-1-9-24-12-15/h1-13H,14H2,(H,26,30)/b25-13+. The number of carbonyl (C=O) groups is 1. The van der Waals surface area contributed by atoms with Crippen LogP contribution in [0, 0.1) is 0 Å². The molecule has 0 aliphatic rings. The topological polar surface area (TPSA) is 98.0 Å². The Hall–Kier alpha value is -3.37. The molecule has 1 N–H and O–H groups in total. The minimum Gasteiger partial charge on any atom is -0.272 e. The molecule has 4 aromatic rings. The third kappa shape index (κ3) is 5.41. The van der Waals surface area contributed by atoms with Gasteiger partial charge in [0, 0.05) is 46.1 Å². The molecule has 8 nitrogen and oxygen atoms in total. The maximum Gasteiger partial charge on any atom is 0.250 e. The average Bonchev–Trinajstić information content (AvgIpc) is 3.23. The fraction of sp³-hybridized carbons (Fsp3) is 0.0476. The number of hydrogen-bond acceptors (Lipinski definition) is 7. The van der Waals surface area contributed by atoms with Crippen LogP contribution in [0.15, 0.2) is 88.0 Å². The van der Waals surface area contributed by atoms with Gasteiger partial charge < -0.3 is 0 Å².